The van der Waals surface area contributed by atoms with Crippen molar-refractivity contribution >= 4 is 0 Å². The number of furan rings is 1. The van der Waals surface area contributed by atoms with Crippen LogP contribution in [0, 0.1) is 6.92 Å². The summed E-state index contributed by atoms with van der Waals surface area (Å²) in [5.41, 5.74) is 8.38. The van der Waals surface area contributed by atoms with Gasteiger partial charge in [-0.05, 0) is 31.2 Å². The standard InChI is InChI=1S/C14H17NO/c1-11-4-6-12(7-5-11)13(10-15)9-14-3-2-8-16-14/h2-8,13H,9-10,15H2,1H3. The largest absolute Gasteiger partial charge is 0.469 e. The summed E-state index contributed by atoms with van der Waals surface area (Å²) in [6.07, 6.45) is 2.57. The van der Waals surface area contributed by atoms with E-state index in [0.29, 0.717) is 12.5 Å². The van der Waals surface area contributed by atoms with Crippen molar-refractivity contribution in [3.63, 3.8) is 0 Å². The highest BCUT2D eigenvalue weighted by Crippen LogP contribution is 2.20. The van der Waals surface area contributed by atoms with Crippen molar-refractivity contribution in [1.82, 2.24) is 0 Å². The number of nitrogens with two attached hydrogens (primary N) is 1. The molecule has 0 saturated carbocycles. The van der Waals surface area contributed by atoms with Crippen LogP contribution >= 0.6 is 0 Å². The zero-order chi connectivity index (χ0) is 11.4. The first-order valence-electron chi connectivity index (χ1n) is 5.58. The first kappa shape index (κ1) is 11.0. The maximum atomic E-state index is 5.82. The number of benzene rings is 1. The average molecular weight is 215 g/mol. The molecule has 0 aliphatic rings. The fraction of sp³-hybridized carbons (Fsp3) is 0.286. The Morgan fingerprint density at radius 3 is 2.50 bits per heavy atom. The summed E-state index contributed by atoms with van der Waals surface area (Å²) in [4.78, 5) is 0. The van der Waals surface area contributed by atoms with Gasteiger partial charge in [0.2, 0.25) is 0 Å². The zero-order valence-corrected chi connectivity index (χ0v) is 9.52. The number of hydrogen-bond donors (Lipinski definition) is 1. The van der Waals surface area contributed by atoms with Gasteiger partial charge in [-0.2, -0.15) is 0 Å². The van der Waals surface area contributed by atoms with Gasteiger partial charge in [0.15, 0.2) is 0 Å². The molecule has 0 radical (unpaired) electrons. The van der Waals surface area contributed by atoms with Gasteiger partial charge in [-0.3, -0.25) is 0 Å². The summed E-state index contributed by atoms with van der Waals surface area (Å²) in [7, 11) is 0. The molecule has 2 nitrogen and oxygen atoms in total. The molecule has 1 aromatic heterocycles. The Hall–Kier alpha value is -1.54. The van der Waals surface area contributed by atoms with Crippen molar-refractivity contribution in [2.75, 3.05) is 6.54 Å². The highest BCUT2D eigenvalue weighted by atomic mass is 16.3. The van der Waals surface area contributed by atoms with Crippen molar-refractivity contribution in [3.8, 4) is 0 Å². The van der Waals surface area contributed by atoms with Crippen LogP contribution in [-0.4, -0.2) is 6.54 Å². The number of aryl methyl sites for hydroxylation is 1. The second kappa shape index (κ2) is 4.99. The Balaban J connectivity index is 2.13. The van der Waals surface area contributed by atoms with Crippen LogP contribution in [0.5, 0.6) is 0 Å². The third-order valence-electron chi connectivity index (χ3n) is 2.86. The highest BCUT2D eigenvalue weighted by molar-refractivity contribution is 5.25. The molecule has 16 heavy (non-hydrogen) atoms. The van der Waals surface area contributed by atoms with E-state index in [2.05, 4.69) is 31.2 Å². The first-order valence-corrected chi connectivity index (χ1v) is 5.58. The van der Waals surface area contributed by atoms with Gasteiger partial charge in [-0.1, -0.05) is 29.8 Å². The summed E-state index contributed by atoms with van der Waals surface area (Å²) in [5, 5.41) is 0. The lowest BCUT2D eigenvalue weighted by molar-refractivity contribution is 0.487. The molecule has 0 amide bonds. The molecule has 0 bridgehead atoms. The quantitative estimate of drug-likeness (QED) is 0.851. The van der Waals surface area contributed by atoms with Gasteiger partial charge in [-0.15, -0.1) is 0 Å². The van der Waals surface area contributed by atoms with E-state index in [1.165, 1.54) is 11.1 Å². The lowest BCUT2D eigenvalue weighted by Crippen LogP contribution is -2.14. The summed E-state index contributed by atoms with van der Waals surface area (Å²) < 4.78 is 5.36. The second-order valence-corrected chi connectivity index (χ2v) is 4.13. The third kappa shape index (κ3) is 2.52. The maximum absolute atomic E-state index is 5.82. The summed E-state index contributed by atoms with van der Waals surface area (Å²) in [6.45, 7) is 2.73. The van der Waals surface area contributed by atoms with E-state index < -0.39 is 0 Å². The molecule has 2 rings (SSSR count). The number of rotatable bonds is 4. The van der Waals surface area contributed by atoms with Crippen molar-refractivity contribution in [1.29, 1.82) is 0 Å². The summed E-state index contributed by atoms with van der Waals surface area (Å²) >= 11 is 0. The molecule has 2 aromatic rings. The van der Waals surface area contributed by atoms with E-state index in [0.717, 1.165) is 12.2 Å². The molecule has 0 saturated heterocycles. The molecule has 1 heterocycles. The van der Waals surface area contributed by atoms with Crippen LogP contribution in [-0.2, 0) is 6.42 Å². The van der Waals surface area contributed by atoms with Crippen molar-refractivity contribution < 1.29 is 4.42 Å². The third-order valence-corrected chi connectivity index (χ3v) is 2.86. The van der Waals surface area contributed by atoms with Crippen LogP contribution < -0.4 is 5.73 Å². The van der Waals surface area contributed by atoms with Crippen LogP contribution in [0.25, 0.3) is 0 Å². The van der Waals surface area contributed by atoms with E-state index in [9.17, 15) is 0 Å². The molecule has 0 aliphatic heterocycles. The minimum Gasteiger partial charge on any atom is -0.469 e. The Kier molecular flexibility index (Phi) is 3.42. The average Bonchev–Trinajstić information content (AvgIpc) is 2.80. The fourth-order valence-electron chi connectivity index (χ4n) is 1.85. The normalized spacial score (nSPS) is 12.6. The Labute approximate surface area is 96.1 Å². The summed E-state index contributed by atoms with van der Waals surface area (Å²) in [6, 6.07) is 12.5. The van der Waals surface area contributed by atoms with E-state index >= 15 is 0 Å². The van der Waals surface area contributed by atoms with Crippen LogP contribution in [0.1, 0.15) is 22.8 Å². The molecule has 0 aliphatic carbocycles. The Bertz CT molecular complexity index is 417. The van der Waals surface area contributed by atoms with Gasteiger partial charge in [-0.25, -0.2) is 0 Å². The van der Waals surface area contributed by atoms with E-state index in [1.54, 1.807) is 6.26 Å². The van der Waals surface area contributed by atoms with Gasteiger partial charge >= 0.3 is 0 Å². The van der Waals surface area contributed by atoms with E-state index in [-0.39, 0.29) is 0 Å². The second-order valence-electron chi connectivity index (χ2n) is 4.13. The SMILES string of the molecule is Cc1ccc(C(CN)Cc2ccco2)cc1. The van der Waals surface area contributed by atoms with Crippen LogP contribution in [0.15, 0.2) is 47.1 Å². The molecule has 0 fully saturated rings. The molecule has 2 heteroatoms. The van der Waals surface area contributed by atoms with Crippen molar-refractivity contribution in [2.24, 2.45) is 5.73 Å². The monoisotopic (exact) mass is 215 g/mol. The number of hydrogen-bond acceptors (Lipinski definition) is 2. The minimum absolute atomic E-state index is 0.340. The topological polar surface area (TPSA) is 39.2 Å². The van der Waals surface area contributed by atoms with Crippen LogP contribution in [0.3, 0.4) is 0 Å². The van der Waals surface area contributed by atoms with E-state index in [4.69, 9.17) is 10.2 Å². The molecule has 1 atom stereocenters. The van der Waals surface area contributed by atoms with Gasteiger partial charge in [0.05, 0.1) is 6.26 Å². The van der Waals surface area contributed by atoms with Gasteiger partial charge in [0, 0.05) is 12.3 Å². The smallest absolute Gasteiger partial charge is 0.104 e. The summed E-state index contributed by atoms with van der Waals surface area (Å²) in [5.74, 6) is 1.34. The Morgan fingerprint density at radius 1 is 1.19 bits per heavy atom. The van der Waals surface area contributed by atoms with Crippen molar-refractivity contribution in [3.05, 3.63) is 59.5 Å². The lowest BCUT2D eigenvalue weighted by atomic mass is 9.94. The van der Waals surface area contributed by atoms with E-state index in [1.807, 2.05) is 12.1 Å². The minimum atomic E-state index is 0.340. The zero-order valence-electron chi connectivity index (χ0n) is 9.52. The predicted octanol–water partition coefficient (Wildman–Crippen LogP) is 2.87. The first-order chi connectivity index (χ1) is 7.79. The molecular formula is C14H17NO. The van der Waals surface area contributed by atoms with Crippen LogP contribution in [0.4, 0.5) is 0 Å². The molecule has 84 valence electrons. The van der Waals surface area contributed by atoms with Gasteiger partial charge in [0.1, 0.15) is 5.76 Å². The molecular weight excluding hydrogens is 198 g/mol. The van der Waals surface area contributed by atoms with Gasteiger partial charge in [0.25, 0.3) is 0 Å². The fourth-order valence-corrected chi connectivity index (χ4v) is 1.85. The Morgan fingerprint density at radius 2 is 1.94 bits per heavy atom. The van der Waals surface area contributed by atoms with Crippen LogP contribution in [0.2, 0.25) is 0 Å². The molecule has 2 N–H and O–H groups in total. The molecule has 0 spiro atoms. The molecule has 1 unspecified atom stereocenters. The van der Waals surface area contributed by atoms with Crippen molar-refractivity contribution in [2.45, 2.75) is 19.3 Å². The lowest BCUT2D eigenvalue weighted by Gasteiger charge is -2.13. The van der Waals surface area contributed by atoms with Gasteiger partial charge < -0.3 is 10.2 Å². The molecule has 1 aromatic carbocycles. The highest BCUT2D eigenvalue weighted by Gasteiger charge is 2.11. The maximum Gasteiger partial charge on any atom is 0.104 e. The predicted molar refractivity (Wildman–Crippen MR) is 65.4 cm³/mol.